The molecule has 1 amide bonds. The van der Waals surface area contributed by atoms with E-state index in [9.17, 15) is 9.59 Å². The lowest BCUT2D eigenvalue weighted by Crippen LogP contribution is -2.53. The van der Waals surface area contributed by atoms with E-state index in [2.05, 4.69) is 6.92 Å². The number of carbonyl (C=O) groups is 2. The van der Waals surface area contributed by atoms with Crippen LogP contribution < -0.4 is 0 Å². The van der Waals surface area contributed by atoms with Crippen molar-refractivity contribution in [3.05, 3.63) is 0 Å². The number of amides is 1. The standard InChI is InChI=1S/C15H28N2O3/c1-5-12-8-6-7-9-17(12)13(18)10-16(11-14(19)20)15(2,3)4/h12H,5-11H2,1-4H3,(H,19,20). The minimum atomic E-state index is -0.890. The number of likely N-dealkylation sites (tertiary alicyclic amines) is 1. The molecule has 0 bridgehead atoms. The van der Waals surface area contributed by atoms with Crippen molar-refractivity contribution in [3.63, 3.8) is 0 Å². The normalized spacial score (nSPS) is 20.2. The molecule has 1 heterocycles. The number of hydrogen-bond donors (Lipinski definition) is 1. The van der Waals surface area contributed by atoms with Crippen molar-refractivity contribution in [1.82, 2.24) is 9.80 Å². The Morgan fingerprint density at radius 3 is 2.40 bits per heavy atom. The van der Waals surface area contributed by atoms with Gasteiger partial charge in [0.2, 0.25) is 5.91 Å². The molecule has 1 fully saturated rings. The van der Waals surface area contributed by atoms with Crippen LogP contribution in [0.15, 0.2) is 0 Å². The minimum absolute atomic E-state index is 0.0627. The molecule has 0 aromatic rings. The molecule has 0 saturated carbocycles. The fourth-order valence-corrected chi connectivity index (χ4v) is 2.70. The minimum Gasteiger partial charge on any atom is -0.480 e. The van der Waals surface area contributed by atoms with Crippen LogP contribution in [0.4, 0.5) is 0 Å². The molecule has 0 spiro atoms. The third-order valence-electron chi connectivity index (χ3n) is 4.02. The Labute approximate surface area is 121 Å². The predicted octanol–water partition coefficient (Wildman–Crippen LogP) is 1.96. The Balaban J connectivity index is 2.71. The van der Waals surface area contributed by atoms with Gasteiger partial charge in [0.1, 0.15) is 0 Å². The van der Waals surface area contributed by atoms with Crippen molar-refractivity contribution >= 4 is 11.9 Å². The molecule has 20 heavy (non-hydrogen) atoms. The fourth-order valence-electron chi connectivity index (χ4n) is 2.70. The molecular weight excluding hydrogens is 256 g/mol. The second-order valence-electron chi connectivity index (χ2n) is 6.57. The molecule has 5 heteroatoms. The van der Waals surface area contributed by atoms with Crippen LogP contribution >= 0.6 is 0 Å². The van der Waals surface area contributed by atoms with E-state index >= 15 is 0 Å². The van der Waals surface area contributed by atoms with Crippen LogP contribution in [0.25, 0.3) is 0 Å². The average Bonchev–Trinajstić information content (AvgIpc) is 2.36. The molecule has 1 aliphatic heterocycles. The van der Waals surface area contributed by atoms with Crippen LogP contribution in [0.2, 0.25) is 0 Å². The molecule has 1 N–H and O–H groups in total. The smallest absolute Gasteiger partial charge is 0.317 e. The SMILES string of the molecule is CCC1CCCCN1C(=O)CN(CC(=O)O)C(C)(C)C. The van der Waals surface area contributed by atoms with Crippen molar-refractivity contribution < 1.29 is 14.7 Å². The highest BCUT2D eigenvalue weighted by molar-refractivity contribution is 5.79. The zero-order valence-corrected chi connectivity index (χ0v) is 13.2. The summed E-state index contributed by atoms with van der Waals surface area (Å²) >= 11 is 0. The Bertz CT molecular complexity index is 350. The van der Waals surface area contributed by atoms with Gasteiger partial charge >= 0.3 is 5.97 Å². The summed E-state index contributed by atoms with van der Waals surface area (Å²) in [7, 11) is 0. The molecule has 0 aromatic heterocycles. The maximum absolute atomic E-state index is 12.5. The molecule has 5 nitrogen and oxygen atoms in total. The second kappa shape index (κ2) is 7.07. The second-order valence-corrected chi connectivity index (χ2v) is 6.57. The molecule has 0 radical (unpaired) electrons. The number of rotatable bonds is 5. The number of nitrogens with zero attached hydrogens (tertiary/aromatic N) is 2. The van der Waals surface area contributed by atoms with Gasteiger partial charge in [-0.3, -0.25) is 14.5 Å². The summed E-state index contributed by atoms with van der Waals surface area (Å²) < 4.78 is 0. The number of carboxylic acid groups (broad SMARTS) is 1. The van der Waals surface area contributed by atoms with Crippen LogP contribution in [0.3, 0.4) is 0 Å². The Morgan fingerprint density at radius 2 is 1.90 bits per heavy atom. The first-order valence-electron chi connectivity index (χ1n) is 7.52. The van der Waals surface area contributed by atoms with Crippen LogP contribution in [0, 0.1) is 0 Å². The molecule has 116 valence electrons. The summed E-state index contributed by atoms with van der Waals surface area (Å²) in [5, 5.41) is 9.00. The molecule has 1 saturated heterocycles. The maximum atomic E-state index is 12.5. The first-order chi connectivity index (χ1) is 9.25. The van der Waals surface area contributed by atoms with Gasteiger partial charge in [-0.25, -0.2) is 0 Å². The molecule has 1 aliphatic rings. The van der Waals surface area contributed by atoms with Crippen LogP contribution in [0.1, 0.15) is 53.4 Å². The summed E-state index contributed by atoms with van der Waals surface area (Å²) in [5.74, 6) is -0.828. The molecule has 1 unspecified atom stereocenters. The third kappa shape index (κ3) is 4.78. The molecule has 1 atom stereocenters. The summed E-state index contributed by atoms with van der Waals surface area (Å²) in [6.07, 6.45) is 4.27. The van der Waals surface area contributed by atoms with E-state index in [-0.39, 0.29) is 24.5 Å². The van der Waals surface area contributed by atoms with E-state index in [0.29, 0.717) is 6.04 Å². The van der Waals surface area contributed by atoms with Gasteiger partial charge in [-0.15, -0.1) is 0 Å². The predicted molar refractivity (Wildman–Crippen MR) is 78.6 cm³/mol. The molecule has 0 aromatic carbocycles. The van der Waals surface area contributed by atoms with E-state index in [0.717, 1.165) is 25.8 Å². The number of aliphatic carboxylic acids is 1. The topological polar surface area (TPSA) is 60.9 Å². The number of carbonyl (C=O) groups excluding carboxylic acids is 1. The largest absolute Gasteiger partial charge is 0.480 e. The van der Waals surface area contributed by atoms with Gasteiger partial charge in [0, 0.05) is 18.1 Å². The van der Waals surface area contributed by atoms with Crippen molar-refractivity contribution in [2.75, 3.05) is 19.6 Å². The summed E-state index contributed by atoms with van der Waals surface area (Å²) in [6.45, 7) is 8.83. The van der Waals surface area contributed by atoms with Gasteiger partial charge in [0.15, 0.2) is 0 Å². The zero-order chi connectivity index (χ0) is 15.3. The van der Waals surface area contributed by atoms with Gasteiger partial charge in [0.05, 0.1) is 13.1 Å². The first kappa shape index (κ1) is 17.0. The van der Waals surface area contributed by atoms with E-state index in [1.807, 2.05) is 25.7 Å². The van der Waals surface area contributed by atoms with Gasteiger partial charge in [-0.05, 0) is 46.5 Å². The number of piperidine rings is 1. The van der Waals surface area contributed by atoms with Crippen molar-refractivity contribution in [2.24, 2.45) is 0 Å². The van der Waals surface area contributed by atoms with E-state index in [1.54, 1.807) is 4.90 Å². The number of hydrogen-bond acceptors (Lipinski definition) is 3. The maximum Gasteiger partial charge on any atom is 0.317 e. The van der Waals surface area contributed by atoms with E-state index in [1.165, 1.54) is 6.42 Å². The van der Waals surface area contributed by atoms with Gasteiger partial charge in [-0.2, -0.15) is 0 Å². The highest BCUT2D eigenvalue weighted by Crippen LogP contribution is 2.21. The lowest BCUT2D eigenvalue weighted by atomic mass is 9.99. The zero-order valence-electron chi connectivity index (χ0n) is 13.2. The monoisotopic (exact) mass is 284 g/mol. The Morgan fingerprint density at radius 1 is 1.25 bits per heavy atom. The fraction of sp³-hybridized carbons (Fsp3) is 0.867. The highest BCUT2D eigenvalue weighted by atomic mass is 16.4. The Kier molecular flexibility index (Phi) is 5.99. The first-order valence-corrected chi connectivity index (χ1v) is 7.52. The van der Waals surface area contributed by atoms with Crippen LogP contribution in [0.5, 0.6) is 0 Å². The Hall–Kier alpha value is -1.10. The molecule has 0 aliphatic carbocycles. The summed E-state index contributed by atoms with van der Waals surface area (Å²) in [6, 6.07) is 0.322. The third-order valence-corrected chi connectivity index (χ3v) is 4.02. The summed E-state index contributed by atoms with van der Waals surface area (Å²) in [4.78, 5) is 27.1. The molecular formula is C15H28N2O3. The highest BCUT2D eigenvalue weighted by Gasteiger charge is 2.30. The average molecular weight is 284 g/mol. The van der Waals surface area contributed by atoms with Crippen molar-refractivity contribution in [3.8, 4) is 0 Å². The lowest BCUT2D eigenvalue weighted by Gasteiger charge is -2.39. The van der Waals surface area contributed by atoms with E-state index < -0.39 is 5.97 Å². The van der Waals surface area contributed by atoms with Crippen LogP contribution in [-0.4, -0.2) is 58.0 Å². The van der Waals surface area contributed by atoms with Crippen LogP contribution in [-0.2, 0) is 9.59 Å². The van der Waals surface area contributed by atoms with Gasteiger partial charge in [0.25, 0.3) is 0 Å². The summed E-state index contributed by atoms with van der Waals surface area (Å²) in [5.41, 5.74) is -0.328. The van der Waals surface area contributed by atoms with E-state index in [4.69, 9.17) is 5.11 Å². The quantitative estimate of drug-likeness (QED) is 0.838. The van der Waals surface area contributed by atoms with Crippen molar-refractivity contribution in [2.45, 2.75) is 65.0 Å². The molecule has 1 rings (SSSR count). The lowest BCUT2D eigenvalue weighted by molar-refractivity contribution is -0.143. The van der Waals surface area contributed by atoms with Gasteiger partial charge in [-0.1, -0.05) is 6.92 Å². The number of carboxylic acids is 1. The van der Waals surface area contributed by atoms with Crippen molar-refractivity contribution in [1.29, 1.82) is 0 Å². The van der Waals surface area contributed by atoms with Gasteiger partial charge < -0.3 is 10.0 Å².